The van der Waals surface area contributed by atoms with Crippen molar-refractivity contribution in [3.05, 3.63) is 95.1 Å². The van der Waals surface area contributed by atoms with Crippen LogP contribution in [-0.2, 0) is 42.9 Å². The van der Waals surface area contributed by atoms with Crippen LogP contribution in [0.3, 0.4) is 0 Å². The molecule has 2 atom stereocenters. The quantitative estimate of drug-likeness (QED) is 0.102. The van der Waals surface area contributed by atoms with E-state index in [-0.39, 0.29) is 16.8 Å². The molecule has 1 heterocycles. The van der Waals surface area contributed by atoms with Gasteiger partial charge in [0.15, 0.2) is 0 Å². The first-order chi connectivity index (χ1) is 20.7. The summed E-state index contributed by atoms with van der Waals surface area (Å²) < 4.78 is 78.3. The van der Waals surface area contributed by atoms with Crippen molar-refractivity contribution >= 4 is 33.0 Å². The van der Waals surface area contributed by atoms with Crippen molar-refractivity contribution < 1.29 is 65.8 Å². The molecule has 2 aromatic carbocycles. The van der Waals surface area contributed by atoms with Crippen LogP contribution in [0, 0.1) is 0 Å². The number of aromatic nitrogens is 2. The summed E-state index contributed by atoms with van der Waals surface area (Å²) in [5.74, 6) is -3.61. The van der Waals surface area contributed by atoms with Crippen LogP contribution < -0.4 is 10.6 Å². The highest BCUT2D eigenvalue weighted by molar-refractivity contribution is 7.52. The van der Waals surface area contributed by atoms with Crippen molar-refractivity contribution in [2.75, 3.05) is 0 Å². The fourth-order valence-corrected chi connectivity index (χ4v) is 4.79. The van der Waals surface area contributed by atoms with Crippen molar-refractivity contribution in [1.82, 2.24) is 20.6 Å². The molecule has 0 spiro atoms. The Hall–Kier alpha value is -4.05. The number of carboxylic acid groups (broad SMARTS) is 1. The first-order valence-corrected chi connectivity index (χ1v) is 15.6. The molecule has 0 aliphatic rings. The summed E-state index contributed by atoms with van der Waals surface area (Å²) in [7, 11) is -11.7. The number of nitrogens with zero attached hydrogens (tertiary/aromatic N) is 2. The average molecular weight is 678 g/mol. The second kappa shape index (κ2) is 13.5. The lowest BCUT2D eigenvalue weighted by Crippen LogP contribution is -2.53. The lowest BCUT2D eigenvalue weighted by molar-refractivity contribution is -0.142. The predicted octanol–water partition coefficient (Wildman–Crippen LogP) is 2.08. The molecule has 2 unspecified atom stereocenters. The van der Waals surface area contributed by atoms with E-state index in [0.717, 1.165) is 30.5 Å². The van der Waals surface area contributed by atoms with Gasteiger partial charge in [-0.25, -0.2) is 9.78 Å². The minimum Gasteiger partial charge on any atom is -0.480 e. The van der Waals surface area contributed by atoms with E-state index in [2.05, 4.69) is 20.6 Å². The van der Waals surface area contributed by atoms with Crippen LogP contribution in [0.25, 0.3) is 0 Å². The maximum absolute atomic E-state index is 14.1. The molecule has 0 radical (unpaired) electrons. The number of alkyl halides is 4. The van der Waals surface area contributed by atoms with Gasteiger partial charge in [0.25, 0.3) is 5.91 Å². The zero-order valence-electron chi connectivity index (χ0n) is 22.5. The second-order valence-corrected chi connectivity index (χ2v) is 12.8. The van der Waals surface area contributed by atoms with E-state index in [4.69, 9.17) is 19.6 Å². The van der Waals surface area contributed by atoms with Crippen LogP contribution in [0.15, 0.2) is 67.1 Å². The zero-order chi connectivity index (χ0) is 33.8. The van der Waals surface area contributed by atoms with Gasteiger partial charge in [-0.05, 0) is 11.1 Å². The minimum atomic E-state index is -5.87. The SMILES string of the molecule is O=C(NC(Cc1ccc(C(F)(F)P(=O)(O)O)cc1)C(=O)NC(Cc1ccc(C(F)(F)P(=O)(O)O)cc1)C(=O)O)c1cnccn1. The second-order valence-electron chi connectivity index (χ2n) is 9.49. The third kappa shape index (κ3) is 8.57. The molecule has 0 fully saturated rings. The van der Waals surface area contributed by atoms with Crippen LogP contribution >= 0.6 is 15.2 Å². The summed E-state index contributed by atoms with van der Waals surface area (Å²) in [6, 6.07) is 3.45. The highest BCUT2D eigenvalue weighted by atomic mass is 31.2. The molecule has 14 nitrogen and oxygen atoms in total. The van der Waals surface area contributed by atoms with E-state index >= 15 is 0 Å². The molecule has 45 heavy (non-hydrogen) atoms. The predicted molar refractivity (Wildman–Crippen MR) is 145 cm³/mol. The molecular formula is C25H24F4N4O10P2. The largest absolute Gasteiger partial charge is 0.480 e. The molecule has 0 saturated heterocycles. The summed E-state index contributed by atoms with van der Waals surface area (Å²) in [5.41, 5.74) is -11.2. The number of carbonyl (C=O) groups excluding carboxylic acids is 2. The van der Waals surface area contributed by atoms with Crippen LogP contribution in [0.5, 0.6) is 0 Å². The topological polar surface area (TPSA) is 236 Å². The number of amides is 2. The van der Waals surface area contributed by atoms with Gasteiger partial charge in [0, 0.05) is 36.4 Å². The zero-order valence-corrected chi connectivity index (χ0v) is 24.3. The van der Waals surface area contributed by atoms with E-state index in [1.807, 2.05) is 0 Å². The van der Waals surface area contributed by atoms with E-state index in [1.165, 1.54) is 12.4 Å². The summed E-state index contributed by atoms with van der Waals surface area (Å²) >= 11 is 0. The summed E-state index contributed by atoms with van der Waals surface area (Å²) in [6.45, 7) is 0. The fraction of sp³-hybridized carbons (Fsp3) is 0.240. The van der Waals surface area contributed by atoms with E-state index < -0.39 is 80.4 Å². The molecule has 0 aliphatic heterocycles. The van der Waals surface area contributed by atoms with Crippen molar-refractivity contribution in [1.29, 1.82) is 0 Å². The third-order valence-electron chi connectivity index (χ3n) is 6.25. The molecular weight excluding hydrogens is 654 g/mol. The van der Waals surface area contributed by atoms with Crippen LogP contribution in [-0.4, -0.2) is 64.5 Å². The van der Waals surface area contributed by atoms with Gasteiger partial charge >= 0.3 is 32.5 Å². The Balaban J connectivity index is 1.84. The number of aliphatic carboxylic acids is 1. The third-order valence-corrected chi connectivity index (χ3v) is 8.23. The Bertz CT molecular complexity index is 1640. The highest BCUT2D eigenvalue weighted by Gasteiger charge is 2.51. The number of hydrogen-bond acceptors (Lipinski definition) is 7. The van der Waals surface area contributed by atoms with Gasteiger partial charge in [0.1, 0.15) is 17.8 Å². The fourth-order valence-electron chi connectivity index (χ4n) is 3.82. The van der Waals surface area contributed by atoms with Gasteiger partial charge in [-0.1, -0.05) is 48.5 Å². The van der Waals surface area contributed by atoms with Crippen molar-refractivity contribution in [2.45, 2.75) is 36.3 Å². The number of carboxylic acids is 1. The molecule has 2 amide bonds. The van der Waals surface area contributed by atoms with Crippen LogP contribution in [0.2, 0.25) is 0 Å². The number of carbonyl (C=O) groups is 3. The maximum atomic E-state index is 14.1. The Kier molecular flexibility index (Phi) is 10.6. The summed E-state index contributed by atoms with van der Waals surface area (Å²) in [5, 5.41) is 14.2. The van der Waals surface area contributed by atoms with E-state index in [9.17, 15) is 46.2 Å². The monoisotopic (exact) mass is 678 g/mol. The van der Waals surface area contributed by atoms with Gasteiger partial charge in [0.2, 0.25) is 5.91 Å². The number of benzene rings is 2. The van der Waals surface area contributed by atoms with Crippen LogP contribution in [0.4, 0.5) is 17.6 Å². The smallest absolute Gasteiger partial charge is 0.399 e. The number of rotatable bonds is 13. The van der Waals surface area contributed by atoms with Crippen molar-refractivity contribution in [3.8, 4) is 0 Å². The van der Waals surface area contributed by atoms with E-state index in [1.54, 1.807) is 0 Å². The molecule has 0 bridgehead atoms. The van der Waals surface area contributed by atoms with E-state index in [0.29, 0.717) is 24.3 Å². The Labute approximate surface area is 250 Å². The Morgan fingerprint density at radius 2 is 1.18 bits per heavy atom. The first-order valence-electron chi connectivity index (χ1n) is 12.4. The lowest BCUT2D eigenvalue weighted by atomic mass is 10.0. The van der Waals surface area contributed by atoms with Gasteiger partial charge in [-0.2, -0.15) is 17.6 Å². The molecule has 0 aliphatic carbocycles. The minimum absolute atomic E-state index is 0.0645. The van der Waals surface area contributed by atoms with Gasteiger partial charge in [-0.3, -0.25) is 23.7 Å². The highest BCUT2D eigenvalue weighted by Crippen LogP contribution is 2.60. The Morgan fingerprint density at radius 3 is 1.56 bits per heavy atom. The van der Waals surface area contributed by atoms with Gasteiger partial charge in [0.05, 0.1) is 6.20 Å². The average Bonchev–Trinajstić information content (AvgIpc) is 2.96. The molecule has 1 aromatic heterocycles. The lowest BCUT2D eigenvalue weighted by Gasteiger charge is -2.22. The molecule has 3 aromatic rings. The standard InChI is InChI=1S/C25H24F4N4O10P2/c26-24(27,44(38,39)40)16-5-1-14(2-6-16)11-18(32-22(35)20-13-30-9-10-31-20)21(34)33-19(23(36)37)12-15-3-7-17(8-4-15)25(28,29)45(41,42)43/h1-10,13,18-19H,11-12H2,(H,32,35)(H,33,34)(H,36,37)(H2,38,39,40)(H2,41,42,43). The Morgan fingerprint density at radius 1 is 0.733 bits per heavy atom. The van der Waals surface area contributed by atoms with Crippen LogP contribution in [0.1, 0.15) is 32.7 Å². The summed E-state index contributed by atoms with van der Waals surface area (Å²) in [6.07, 6.45) is 2.56. The number of halogens is 4. The molecule has 242 valence electrons. The van der Waals surface area contributed by atoms with Gasteiger partial charge < -0.3 is 35.3 Å². The molecule has 7 N–H and O–H groups in total. The molecule has 3 rings (SSSR count). The van der Waals surface area contributed by atoms with Gasteiger partial charge in [-0.15, -0.1) is 0 Å². The first kappa shape index (κ1) is 35.4. The van der Waals surface area contributed by atoms with Crippen molar-refractivity contribution in [2.24, 2.45) is 0 Å². The summed E-state index contributed by atoms with van der Waals surface area (Å²) in [4.78, 5) is 81.1. The number of hydrogen-bond donors (Lipinski definition) is 7. The maximum Gasteiger partial charge on any atom is 0.399 e. The normalized spacial score (nSPS) is 13.9. The van der Waals surface area contributed by atoms with Crippen molar-refractivity contribution in [3.63, 3.8) is 0 Å². The molecule has 20 heteroatoms. The number of nitrogens with one attached hydrogen (secondary N) is 2. The molecule has 0 saturated carbocycles.